The van der Waals surface area contributed by atoms with E-state index < -0.39 is 30.3 Å². The van der Waals surface area contributed by atoms with E-state index in [-0.39, 0.29) is 24.3 Å². The van der Waals surface area contributed by atoms with Crippen LogP contribution in [0.5, 0.6) is 0 Å². The second-order valence-electron chi connectivity index (χ2n) is 9.39. The predicted molar refractivity (Wildman–Crippen MR) is 131 cm³/mol. The molecule has 5 nitrogen and oxygen atoms in total. The molecule has 3 rings (SSSR count). The molecule has 1 heterocycles. The highest BCUT2D eigenvalue weighted by atomic mass is 35.5. The monoisotopic (exact) mass is 493 g/mol. The molecule has 0 spiro atoms. The third-order valence-corrected chi connectivity index (χ3v) is 7.31. The first-order valence-electron chi connectivity index (χ1n) is 11.4. The maximum atomic E-state index is 14.1. The van der Waals surface area contributed by atoms with Crippen molar-refractivity contribution in [2.24, 2.45) is 5.41 Å². The molecule has 3 N–H and O–H groups in total. The fourth-order valence-corrected chi connectivity index (χ4v) is 5.61. The van der Waals surface area contributed by atoms with Crippen molar-refractivity contribution in [2.45, 2.75) is 70.2 Å². The number of hydrogen-bond acceptors (Lipinski definition) is 4. The molecule has 1 saturated heterocycles. The number of nitrogens with zero attached hydrogens (tertiary/aromatic N) is 1. The van der Waals surface area contributed by atoms with E-state index in [0.717, 1.165) is 11.1 Å². The topological polar surface area (TPSA) is 81.0 Å². The van der Waals surface area contributed by atoms with Crippen molar-refractivity contribution >= 4 is 29.1 Å². The van der Waals surface area contributed by atoms with Gasteiger partial charge < -0.3 is 20.2 Å². The number of hydrogen-bond donors (Lipinski definition) is 3. The lowest BCUT2D eigenvalue weighted by atomic mass is 9.66. The zero-order valence-corrected chi connectivity index (χ0v) is 20.8. The number of carbonyl (C=O) groups is 1. The standard InChI is InChI=1S/C26H33Cl2NO4/c1-4-23(16(2)31)29-24(17-8-10-19(27)11-9-17)22(18-6-5-7-20(28)12-18)14-26(3,25(29)33)13-21(32)15-30/h5-12,16,21-24,30-32H,4,13-15H2,1-3H3. The molecule has 0 aromatic heterocycles. The molecule has 0 bridgehead atoms. The summed E-state index contributed by atoms with van der Waals surface area (Å²) in [4.78, 5) is 15.9. The van der Waals surface area contributed by atoms with Crippen LogP contribution in [-0.2, 0) is 4.79 Å². The van der Waals surface area contributed by atoms with Crippen LogP contribution in [0.1, 0.15) is 63.1 Å². The average molecular weight is 494 g/mol. The molecule has 6 atom stereocenters. The summed E-state index contributed by atoms with van der Waals surface area (Å²) in [6.07, 6.45) is -0.615. The summed E-state index contributed by atoms with van der Waals surface area (Å²) in [5, 5.41) is 31.7. The van der Waals surface area contributed by atoms with Gasteiger partial charge in [0.05, 0.1) is 30.9 Å². The molecule has 2 aromatic carbocycles. The Morgan fingerprint density at radius 1 is 1.09 bits per heavy atom. The van der Waals surface area contributed by atoms with Gasteiger partial charge in [-0.05, 0) is 61.6 Å². The van der Waals surface area contributed by atoms with Crippen molar-refractivity contribution in [1.29, 1.82) is 0 Å². The van der Waals surface area contributed by atoms with Crippen molar-refractivity contribution < 1.29 is 20.1 Å². The summed E-state index contributed by atoms with van der Waals surface area (Å²) in [6.45, 7) is 5.07. The van der Waals surface area contributed by atoms with E-state index in [1.54, 1.807) is 24.0 Å². The van der Waals surface area contributed by atoms with Crippen LogP contribution in [0.15, 0.2) is 48.5 Å². The smallest absolute Gasteiger partial charge is 0.229 e. The summed E-state index contributed by atoms with van der Waals surface area (Å²) in [5.74, 6) is -0.285. The van der Waals surface area contributed by atoms with E-state index in [1.807, 2.05) is 50.2 Å². The van der Waals surface area contributed by atoms with E-state index >= 15 is 0 Å². The van der Waals surface area contributed by atoms with Crippen LogP contribution >= 0.6 is 23.2 Å². The Bertz CT molecular complexity index is 952. The van der Waals surface area contributed by atoms with E-state index in [9.17, 15) is 20.1 Å². The Morgan fingerprint density at radius 2 is 1.76 bits per heavy atom. The molecule has 0 saturated carbocycles. The van der Waals surface area contributed by atoms with E-state index in [2.05, 4.69) is 0 Å². The van der Waals surface area contributed by atoms with Gasteiger partial charge in [-0.2, -0.15) is 0 Å². The largest absolute Gasteiger partial charge is 0.394 e. The van der Waals surface area contributed by atoms with Gasteiger partial charge in [-0.15, -0.1) is 0 Å². The van der Waals surface area contributed by atoms with Crippen molar-refractivity contribution in [3.05, 3.63) is 69.7 Å². The van der Waals surface area contributed by atoms with Gasteiger partial charge in [0.15, 0.2) is 0 Å². The second kappa shape index (κ2) is 10.7. The minimum absolute atomic E-state index is 0.124. The molecule has 1 aliphatic heterocycles. The molecule has 1 amide bonds. The first kappa shape index (κ1) is 26.0. The lowest BCUT2D eigenvalue weighted by Crippen LogP contribution is -2.58. The number of likely N-dealkylation sites (tertiary alicyclic amines) is 1. The van der Waals surface area contributed by atoms with Gasteiger partial charge in [-0.1, -0.05) is 61.3 Å². The van der Waals surface area contributed by atoms with Crippen molar-refractivity contribution in [3.63, 3.8) is 0 Å². The van der Waals surface area contributed by atoms with Crippen LogP contribution in [0.3, 0.4) is 0 Å². The van der Waals surface area contributed by atoms with Crippen molar-refractivity contribution in [3.8, 4) is 0 Å². The summed E-state index contributed by atoms with van der Waals surface area (Å²) >= 11 is 12.5. The molecule has 33 heavy (non-hydrogen) atoms. The highest BCUT2D eigenvalue weighted by molar-refractivity contribution is 6.30. The SMILES string of the molecule is CCC(C(C)O)N1C(=O)C(C)(CC(O)CO)CC(c2cccc(Cl)c2)C1c1ccc(Cl)cc1. The predicted octanol–water partition coefficient (Wildman–Crippen LogP) is 4.96. The minimum atomic E-state index is -1.01. The molecule has 7 heteroatoms. The van der Waals surface area contributed by atoms with Crippen LogP contribution < -0.4 is 0 Å². The number of piperidine rings is 1. The fraction of sp³-hybridized carbons (Fsp3) is 0.500. The molecule has 1 fully saturated rings. The van der Waals surface area contributed by atoms with Gasteiger partial charge >= 0.3 is 0 Å². The van der Waals surface area contributed by atoms with Gasteiger partial charge in [0, 0.05) is 21.4 Å². The average Bonchev–Trinajstić information content (AvgIpc) is 2.77. The van der Waals surface area contributed by atoms with E-state index in [4.69, 9.17) is 23.2 Å². The Labute approximate surface area is 206 Å². The van der Waals surface area contributed by atoms with Crippen LogP contribution in [0.4, 0.5) is 0 Å². The Kier molecular flexibility index (Phi) is 8.46. The molecule has 0 radical (unpaired) electrons. The lowest BCUT2D eigenvalue weighted by molar-refractivity contribution is -0.161. The van der Waals surface area contributed by atoms with Crippen LogP contribution in [0.25, 0.3) is 0 Å². The Morgan fingerprint density at radius 3 is 2.30 bits per heavy atom. The summed E-state index contributed by atoms with van der Waals surface area (Å²) in [7, 11) is 0. The molecular weight excluding hydrogens is 461 g/mol. The van der Waals surface area contributed by atoms with E-state index in [0.29, 0.717) is 22.9 Å². The van der Waals surface area contributed by atoms with Gasteiger partial charge in [-0.3, -0.25) is 4.79 Å². The van der Waals surface area contributed by atoms with Crippen molar-refractivity contribution in [2.75, 3.05) is 6.61 Å². The van der Waals surface area contributed by atoms with Gasteiger partial charge in [0.25, 0.3) is 0 Å². The summed E-state index contributed by atoms with van der Waals surface area (Å²) in [6, 6.07) is 14.3. The second-order valence-corrected chi connectivity index (χ2v) is 10.3. The van der Waals surface area contributed by atoms with Gasteiger partial charge in [0.2, 0.25) is 5.91 Å². The zero-order valence-electron chi connectivity index (χ0n) is 19.3. The highest BCUT2D eigenvalue weighted by Gasteiger charge is 2.52. The molecule has 1 aliphatic rings. The van der Waals surface area contributed by atoms with Crippen LogP contribution in [0, 0.1) is 5.41 Å². The number of aliphatic hydroxyl groups excluding tert-OH is 3. The minimum Gasteiger partial charge on any atom is -0.394 e. The Balaban J connectivity index is 2.23. The third kappa shape index (κ3) is 5.55. The Hall–Kier alpha value is -1.63. The maximum Gasteiger partial charge on any atom is 0.229 e. The summed E-state index contributed by atoms with van der Waals surface area (Å²) < 4.78 is 0. The fourth-order valence-electron chi connectivity index (χ4n) is 5.29. The molecular formula is C26H33Cl2NO4. The molecule has 6 unspecified atom stereocenters. The van der Waals surface area contributed by atoms with Crippen molar-refractivity contribution in [1.82, 2.24) is 4.90 Å². The first-order valence-corrected chi connectivity index (χ1v) is 12.2. The van der Waals surface area contributed by atoms with Crippen LogP contribution in [-0.4, -0.2) is 51.0 Å². The van der Waals surface area contributed by atoms with Gasteiger partial charge in [-0.25, -0.2) is 0 Å². The van der Waals surface area contributed by atoms with Crippen LogP contribution in [0.2, 0.25) is 10.0 Å². The number of benzene rings is 2. The number of carbonyl (C=O) groups excluding carboxylic acids is 1. The number of halogens is 2. The number of aliphatic hydroxyl groups is 3. The normalized spacial score (nSPS) is 26.2. The molecule has 0 aliphatic carbocycles. The van der Waals surface area contributed by atoms with Gasteiger partial charge in [0.1, 0.15) is 0 Å². The lowest BCUT2D eigenvalue weighted by Gasteiger charge is -2.53. The highest BCUT2D eigenvalue weighted by Crippen LogP contribution is 2.52. The zero-order chi connectivity index (χ0) is 24.3. The molecule has 180 valence electrons. The summed E-state index contributed by atoms with van der Waals surface area (Å²) in [5.41, 5.74) is 0.965. The van der Waals surface area contributed by atoms with E-state index in [1.165, 1.54) is 0 Å². The third-order valence-electron chi connectivity index (χ3n) is 6.82. The number of rotatable bonds is 8. The molecule has 2 aromatic rings. The quantitative estimate of drug-likeness (QED) is 0.485. The number of amides is 1. The maximum absolute atomic E-state index is 14.1. The first-order chi connectivity index (χ1) is 15.6.